The van der Waals surface area contributed by atoms with E-state index in [2.05, 4.69) is 34.1 Å². The standard InChI is InChI=1S/C16H15BrO2S/c1-2-19-16(18)14-8-11-5-3-4-10-6-7-12(17)9-13(10)15(11)20-14/h6-9H,2-5H2,1H3. The Kier molecular flexibility index (Phi) is 3.94. The van der Waals surface area contributed by atoms with Crippen LogP contribution in [-0.2, 0) is 17.6 Å². The molecule has 2 nitrogen and oxygen atoms in total. The summed E-state index contributed by atoms with van der Waals surface area (Å²) in [5.41, 5.74) is 3.89. The molecule has 2 aromatic rings. The Hall–Kier alpha value is -1.13. The van der Waals surface area contributed by atoms with Crippen molar-refractivity contribution in [2.24, 2.45) is 0 Å². The first-order valence-corrected chi connectivity index (χ1v) is 8.38. The summed E-state index contributed by atoms with van der Waals surface area (Å²) >= 11 is 5.09. The third-order valence-electron chi connectivity index (χ3n) is 3.49. The van der Waals surface area contributed by atoms with Gasteiger partial charge < -0.3 is 4.74 Å². The number of benzene rings is 1. The highest BCUT2D eigenvalue weighted by atomic mass is 79.9. The molecule has 0 N–H and O–H groups in total. The van der Waals surface area contributed by atoms with Gasteiger partial charge in [0.1, 0.15) is 4.88 Å². The van der Waals surface area contributed by atoms with Crippen LogP contribution in [0.5, 0.6) is 0 Å². The van der Waals surface area contributed by atoms with Crippen molar-refractivity contribution in [1.29, 1.82) is 0 Å². The molecule has 1 heterocycles. The summed E-state index contributed by atoms with van der Waals surface area (Å²) in [6.45, 7) is 2.26. The smallest absolute Gasteiger partial charge is 0.348 e. The maximum absolute atomic E-state index is 11.9. The summed E-state index contributed by atoms with van der Waals surface area (Å²) in [5, 5.41) is 0. The molecular formula is C16H15BrO2S. The second-order valence-corrected chi connectivity index (χ2v) is 6.81. The van der Waals surface area contributed by atoms with Gasteiger partial charge in [-0.25, -0.2) is 4.79 Å². The number of aryl methyl sites for hydroxylation is 2. The van der Waals surface area contributed by atoms with Crippen molar-refractivity contribution in [3.05, 3.63) is 44.7 Å². The van der Waals surface area contributed by atoms with Crippen LogP contribution in [0.1, 0.15) is 34.1 Å². The van der Waals surface area contributed by atoms with E-state index in [1.807, 2.05) is 13.0 Å². The van der Waals surface area contributed by atoms with Gasteiger partial charge in [0.2, 0.25) is 0 Å². The average molecular weight is 351 g/mol. The molecule has 0 spiro atoms. The molecule has 0 bridgehead atoms. The molecule has 1 aliphatic carbocycles. The van der Waals surface area contributed by atoms with Gasteiger partial charge in [-0.2, -0.15) is 0 Å². The lowest BCUT2D eigenvalue weighted by Crippen LogP contribution is -2.01. The molecule has 1 aromatic carbocycles. The van der Waals surface area contributed by atoms with Crippen LogP contribution in [0.2, 0.25) is 0 Å². The van der Waals surface area contributed by atoms with Gasteiger partial charge in [0.05, 0.1) is 6.61 Å². The van der Waals surface area contributed by atoms with Crippen LogP contribution in [0.4, 0.5) is 0 Å². The number of thiophene rings is 1. The number of hydrogen-bond acceptors (Lipinski definition) is 3. The number of esters is 1. The monoisotopic (exact) mass is 350 g/mol. The quantitative estimate of drug-likeness (QED) is 0.724. The van der Waals surface area contributed by atoms with E-state index in [-0.39, 0.29) is 5.97 Å². The largest absolute Gasteiger partial charge is 0.462 e. The normalized spacial score (nSPS) is 13.3. The molecule has 4 heteroatoms. The third-order valence-corrected chi connectivity index (χ3v) is 5.18. The van der Waals surface area contributed by atoms with Gasteiger partial charge in [0, 0.05) is 9.35 Å². The molecular weight excluding hydrogens is 336 g/mol. The van der Waals surface area contributed by atoms with Crippen LogP contribution in [0, 0.1) is 0 Å². The number of halogens is 1. The molecule has 0 unspecified atom stereocenters. The van der Waals surface area contributed by atoms with Crippen LogP contribution in [0.3, 0.4) is 0 Å². The highest BCUT2D eigenvalue weighted by Gasteiger charge is 2.21. The Morgan fingerprint density at radius 3 is 2.90 bits per heavy atom. The van der Waals surface area contributed by atoms with E-state index in [0.717, 1.165) is 23.7 Å². The van der Waals surface area contributed by atoms with Crippen LogP contribution in [0.25, 0.3) is 10.4 Å². The van der Waals surface area contributed by atoms with Crippen molar-refractivity contribution in [2.45, 2.75) is 26.2 Å². The van der Waals surface area contributed by atoms with E-state index >= 15 is 0 Å². The zero-order valence-corrected chi connectivity index (χ0v) is 13.6. The maximum atomic E-state index is 11.9. The van der Waals surface area contributed by atoms with Gasteiger partial charge in [-0.3, -0.25) is 0 Å². The molecule has 0 saturated carbocycles. The predicted octanol–water partition coefficient (Wildman–Crippen LogP) is 4.84. The summed E-state index contributed by atoms with van der Waals surface area (Å²) in [7, 11) is 0. The van der Waals surface area contributed by atoms with Gasteiger partial charge in [-0.05, 0) is 61.1 Å². The fraction of sp³-hybridized carbons (Fsp3) is 0.312. The number of hydrogen-bond donors (Lipinski definition) is 0. The number of rotatable bonds is 2. The molecule has 0 aliphatic heterocycles. The average Bonchev–Trinajstić information content (AvgIpc) is 2.78. The molecule has 0 fully saturated rings. The molecule has 0 radical (unpaired) electrons. The van der Waals surface area contributed by atoms with Crippen molar-refractivity contribution >= 4 is 33.2 Å². The number of carbonyl (C=O) groups excluding carboxylic acids is 1. The topological polar surface area (TPSA) is 26.3 Å². The van der Waals surface area contributed by atoms with Crippen LogP contribution in [-0.4, -0.2) is 12.6 Å². The number of ether oxygens (including phenoxy) is 1. The lowest BCUT2D eigenvalue weighted by atomic mass is 10.0. The van der Waals surface area contributed by atoms with Gasteiger partial charge in [0.15, 0.2) is 0 Å². The zero-order chi connectivity index (χ0) is 14.1. The van der Waals surface area contributed by atoms with Crippen molar-refractivity contribution < 1.29 is 9.53 Å². The van der Waals surface area contributed by atoms with Crippen LogP contribution >= 0.6 is 27.3 Å². The number of fused-ring (bicyclic) bond motifs is 3. The summed E-state index contributed by atoms with van der Waals surface area (Å²) in [4.78, 5) is 13.8. The van der Waals surface area contributed by atoms with Crippen LogP contribution in [0.15, 0.2) is 28.7 Å². The Morgan fingerprint density at radius 1 is 1.30 bits per heavy atom. The second kappa shape index (κ2) is 5.70. The summed E-state index contributed by atoms with van der Waals surface area (Å²) < 4.78 is 6.19. The van der Waals surface area contributed by atoms with E-state index in [0.29, 0.717) is 11.5 Å². The molecule has 0 atom stereocenters. The molecule has 0 saturated heterocycles. The van der Waals surface area contributed by atoms with Gasteiger partial charge in [-0.15, -0.1) is 11.3 Å². The summed E-state index contributed by atoms with van der Waals surface area (Å²) in [5.74, 6) is -0.206. The van der Waals surface area contributed by atoms with E-state index in [4.69, 9.17) is 4.74 Å². The lowest BCUT2D eigenvalue weighted by Gasteiger charge is -2.06. The molecule has 1 aliphatic rings. The SMILES string of the molecule is CCOC(=O)c1cc2c(s1)-c1cc(Br)ccc1CCC2. The van der Waals surface area contributed by atoms with Crippen LogP contribution < -0.4 is 0 Å². The maximum Gasteiger partial charge on any atom is 0.348 e. The van der Waals surface area contributed by atoms with Gasteiger partial charge in [-0.1, -0.05) is 22.0 Å². The molecule has 3 rings (SSSR count). The second-order valence-electron chi connectivity index (χ2n) is 4.84. The predicted molar refractivity (Wildman–Crippen MR) is 85.4 cm³/mol. The van der Waals surface area contributed by atoms with E-state index < -0.39 is 0 Å². The minimum Gasteiger partial charge on any atom is -0.462 e. The highest BCUT2D eigenvalue weighted by Crippen LogP contribution is 2.40. The Morgan fingerprint density at radius 2 is 2.10 bits per heavy atom. The van der Waals surface area contributed by atoms with E-state index in [9.17, 15) is 4.79 Å². The third kappa shape index (κ3) is 2.54. The van der Waals surface area contributed by atoms with Crippen molar-refractivity contribution in [3.63, 3.8) is 0 Å². The van der Waals surface area contributed by atoms with Crippen molar-refractivity contribution in [2.75, 3.05) is 6.61 Å². The zero-order valence-electron chi connectivity index (χ0n) is 11.2. The fourth-order valence-electron chi connectivity index (χ4n) is 2.59. The van der Waals surface area contributed by atoms with E-state index in [1.165, 1.54) is 21.6 Å². The fourth-order valence-corrected chi connectivity index (χ4v) is 4.11. The number of carbonyl (C=O) groups is 1. The minimum absolute atomic E-state index is 0.206. The molecule has 0 amide bonds. The minimum atomic E-state index is -0.206. The summed E-state index contributed by atoms with van der Waals surface area (Å²) in [6, 6.07) is 8.43. The molecule has 20 heavy (non-hydrogen) atoms. The molecule has 1 aromatic heterocycles. The van der Waals surface area contributed by atoms with Crippen molar-refractivity contribution in [3.8, 4) is 10.4 Å². The van der Waals surface area contributed by atoms with Crippen molar-refractivity contribution in [1.82, 2.24) is 0 Å². The molecule has 104 valence electrons. The Bertz CT molecular complexity index is 660. The van der Waals surface area contributed by atoms with E-state index in [1.54, 1.807) is 11.3 Å². The Labute approximate surface area is 130 Å². The Balaban J connectivity index is 2.09. The van der Waals surface area contributed by atoms with Gasteiger partial charge in [0.25, 0.3) is 0 Å². The first kappa shape index (κ1) is 13.8. The first-order chi connectivity index (χ1) is 9.69. The highest BCUT2D eigenvalue weighted by molar-refractivity contribution is 9.10. The lowest BCUT2D eigenvalue weighted by molar-refractivity contribution is 0.0532. The van der Waals surface area contributed by atoms with Gasteiger partial charge >= 0.3 is 5.97 Å². The summed E-state index contributed by atoms with van der Waals surface area (Å²) in [6.07, 6.45) is 3.25. The first-order valence-electron chi connectivity index (χ1n) is 6.77.